The first-order chi connectivity index (χ1) is 14.5. The quantitative estimate of drug-likeness (QED) is 0.443. The minimum Gasteiger partial charge on any atom is -0.493 e. The highest BCUT2D eigenvalue weighted by molar-refractivity contribution is 7.22. The first kappa shape index (κ1) is 20.4. The van der Waals surface area contributed by atoms with Gasteiger partial charge in [-0.25, -0.2) is 4.98 Å². The second-order valence-electron chi connectivity index (χ2n) is 6.56. The summed E-state index contributed by atoms with van der Waals surface area (Å²) in [7, 11) is 1.52. The van der Waals surface area contributed by atoms with Crippen LogP contribution in [0.2, 0.25) is 5.02 Å². The smallest absolute Gasteiger partial charge is 0.275 e. The molecule has 0 bridgehead atoms. The summed E-state index contributed by atoms with van der Waals surface area (Å²) in [6.45, 7) is 0.145. The van der Waals surface area contributed by atoms with Crippen LogP contribution in [0.4, 0.5) is 0 Å². The Morgan fingerprint density at radius 1 is 1.13 bits per heavy atom. The number of hydrogen-bond donors (Lipinski definition) is 2. The van der Waals surface area contributed by atoms with Gasteiger partial charge in [0.2, 0.25) is 0 Å². The lowest BCUT2D eigenvalue weighted by Gasteiger charge is -2.14. The molecule has 7 nitrogen and oxygen atoms in total. The van der Waals surface area contributed by atoms with Gasteiger partial charge in [-0.15, -0.1) is 11.3 Å². The van der Waals surface area contributed by atoms with E-state index in [1.165, 1.54) is 29.3 Å². The molecule has 0 aliphatic rings. The van der Waals surface area contributed by atoms with Crippen LogP contribution in [0.1, 0.15) is 0 Å². The normalized spacial score (nSPS) is 11.2. The maximum absolute atomic E-state index is 13.1. The van der Waals surface area contributed by atoms with E-state index in [4.69, 9.17) is 32.5 Å². The van der Waals surface area contributed by atoms with Gasteiger partial charge in [0.15, 0.2) is 11.5 Å². The van der Waals surface area contributed by atoms with Crippen molar-refractivity contribution in [3.05, 3.63) is 70.2 Å². The molecular weight excluding hydrogens is 424 g/mol. The number of nitrogens with two attached hydrogens (primary N) is 2. The van der Waals surface area contributed by atoms with Crippen LogP contribution in [-0.2, 0) is 0 Å². The standard InChI is InChI=1S/C21H19ClN4O3S/c1-28-17-8-14(6-7-16(17)29-10-19(23)24)26-11-25-15-9-18(30-20(15)21(26)27)12-2-4-13(22)5-3-12/h2-9,11,19H,10,23-24H2,1H3. The Hall–Kier alpha value is -2.91. The van der Waals surface area contributed by atoms with E-state index in [1.54, 1.807) is 18.2 Å². The molecule has 0 saturated heterocycles. The zero-order valence-corrected chi connectivity index (χ0v) is 17.6. The van der Waals surface area contributed by atoms with Crippen LogP contribution < -0.4 is 26.5 Å². The Kier molecular flexibility index (Phi) is 5.74. The molecule has 4 rings (SSSR count). The predicted octanol–water partition coefficient (Wildman–Crippen LogP) is 3.40. The highest BCUT2D eigenvalue weighted by Gasteiger charge is 2.14. The molecule has 0 aliphatic carbocycles. The van der Waals surface area contributed by atoms with Crippen molar-refractivity contribution in [3.8, 4) is 27.6 Å². The number of halogens is 1. The van der Waals surface area contributed by atoms with E-state index in [1.807, 2.05) is 30.3 Å². The number of nitrogens with zero attached hydrogens (tertiary/aromatic N) is 2. The van der Waals surface area contributed by atoms with Gasteiger partial charge in [-0.3, -0.25) is 9.36 Å². The molecule has 2 aromatic heterocycles. The molecule has 30 heavy (non-hydrogen) atoms. The molecule has 0 spiro atoms. The van der Waals surface area contributed by atoms with Gasteiger partial charge in [-0.2, -0.15) is 0 Å². The number of methoxy groups -OCH3 is 1. The number of hydrogen-bond acceptors (Lipinski definition) is 7. The molecule has 0 atom stereocenters. The van der Waals surface area contributed by atoms with E-state index >= 15 is 0 Å². The first-order valence-electron chi connectivity index (χ1n) is 9.06. The lowest BCUT2D eigenvalue weighted by atomic mass is 10.2. The summed E-state index contributed by atoms with van der Waals surface area (Å²) < 4.78 is 13.0. The summed E-state index contributed by atoms with van der Waals surface area (Å²) in [4.78, 5) is 18.5. The van der Waals surface area contributed by atoms with Crippen molar-refractivity contribution in [2.75, 3.05) is 13.7 Å². The van der Waals surface area contributed by atoms with E-state index in [9.17, 15) is 4.79 Å². The van der Waals surface area contributed by atoms with Crippen molar-refractivity contribution in [3.63, 3.8) is 0 Å². The summed E-state index contributed by atoms with van der Waals surface area (Å²) in [6, 6.07) is 14.6. The van der Waals surface area contributed by atoms with Crippen LogP contribution in [0, 0.1) is 0 Å². The number of fused-ring (bicyclic) bond motifs is 1. The van der Waals surface area contributed by atoms with Crippen LogP contribution in [-0.4, -0.2) is 29.4 Å². The Morgan fingerprint density at radius 2 is 1.90 bits per heavy atom. The predicted molar refractivity (Wildman–Crippen MR) is 120 cm³/mol. The number of ether oxygens (including phenoxy) is 2. The SMILES string of the molecule is COc1cc(-n2cnc3cc(-c4ccc(Cl)cc4)sc3c2=O)ccc1OCC(N)N. The Labute approximate surface area is 181 Å². The summed E-state index contributed by atoms with van der Waals surface area (Å²) in [6.07, 6.45) is 0.908. The minimum absolute atomic E-state index is 0.145. The van der Waals surface area contributed by atoms with Gasteiger partial charge in [0, 0.05) is 16.0 Å². The van der Waals surface area contributed by atoms with Gasteiger partial charge in [0.25, 0.3) is 5.56 Å². The zero-order chi connectivity index (χ0) is 21.3. The second kappa shape index (κ2) is 8.45. The van der Waals surface area contributed by atoms with Gasteiger partial charge in [-0.05, 0) is 35.9 Å². The number of rotatable bonds is 6. The van der Waals surface area contributed by atoms with Gasteiger partial charge in [0.05, 0.1) is 24.5 Å². The molecule has 2 heterocycles. The molecule has 0 amide bonds. The minimum atomic E-state index is -0.600. The molecule has 4 aromatic rings. The monoisotopic (exact) mass is 442 g/mol. The van der Waals surface area contributed by atoms with Crippen LogP contribution in [0.25, 0.3) is 26.3 Å². The van der Waals surface area contributed by atoms with Crippen molar-refractivity contribution in [2.45, 2.75) is 6.17 Å². The summed E-state index contributed by atoms with van der Waals surface area (Å²) in [5.74, 6) is 0.957. The number of benzene rings is 2. The fraction of sp³-hybridized carbons (Fsp3) is 0.143. The highest BCUT2D eigenvalue weighted by atomic mass is 35.5. The van der Waals surface area contributed by atoms with Crippen LogP contribution >= 0.6 is 22.9 Å². The topological polar surface area (TPSA) is 105 Å². The highest BCUT2D eigenvalue weighted by Crippen LogP contribution is 2.32. The summed E-state index contributed by atoms with van der Waals surface area (Å²) >= 11 is 7.36. The third-order valence-corrected chi connectivity index (χ3v) is 5.84. The van der Waals surface area contributed by atoms with E-state index in [2.05, 4.69) is 4.98 Å². The van der Waals surface area contributed by atoms with E-state index in [0.717, 1.165) is 10.4 Å². The van der Waals surface area contributed by atoms with Crippen molar-refractivity contribution in [1.29, 1.82) is 0 Å². The molecule has 0 unspecified atom stereocenters. The lowest BCUT2D eigenvalue weighted by molar-refractivity contribution is 0.274. The van der Waals surface area contributed by atoms with Gasteiger partial charge >= 0.3 is 0 Å². The zero-order valence-electron chi connectivity index (χ0n) is 16.0. The van der Waals surface area contributed by atoms with Gasteiger partial charge in [0.1, 0.15) is 17.6 Å². The molecular formula is C21H19ClN4O3S. The average molecular weight is 443 g/mol. The van der Waals surface area contributed by atoms with Gasteiger partial charge in [-0.1, -0.05) is 23.7 Å². The van der Waals surface area contributed by atoms with Crippen LogP contribution in [0.15, 0.2) is 59.7 Å². The van der Waals surface area contributed by atoms with Crippen molar-refractivity contribution in [2.24, 2.45) is 11.5 Å². The summed E-state index contributed by atoms with van der Waals surface area (Å²) in [5, 5.41) is 0.662. The van der Waals surface area contributed by atoms with Crippen molar-refractivity contribution < 1.29 is 9.47 Å². The molecule has 154 valence electrons. The fourth-order valence-electron chi connectivity index (χ4n) is 2.96. The Balaban J connectivity index is 1.73. The van der Waals surface area contributed by atoms with E-state index in [0.29, 0.717) is 32.4 Å². The maximum atomic E-state index is 13.1. The fourth-order valence-corrected chi connectivity index (χ4v) is 4.14. The average Bonchev–Trinajstić information content (AvgIpc) is 3.18. The molecule has 0 aliphatic heterocycles. The molecule has 0 saturated carbocycles. The van der Waals surface area contributed by atoms with E-state index in [-0.39, 0.29) is 12.2 Å². The molecule has 2 aromatic carbocycles. The largest absolute Gasteiger partial charge is 0.493 e. The molecule has 9 heteroatoms. The lowest BCUT2D eigenvalue weighted by Crippen LogP contribution is -2.36. The van der Waals surface area contributed by atoms with Gasteiger partial charge < -0.3 is 20.9 Å². The molecule has 4 N–H and O–H groups in total. The Bertz CT molecular complexity index is 1250. The van der Waals surface area contributed by atoms with Crippen molar-refractivity contribution in [1.82, 2.24) is 9.55 Å². The summed E-state index contributed by atoms with van der Waals surface area (Å²) in [5.41, 5.74) is 13.1. The third-order valence-electron chi connectivity index (χ3n) is 4.42. The second-order valence-corrected chi connectivity index (χ2v) is 8.05. The maximum Gasteiger partial charge on any atom is 0.275 e. The third kappa shape index (κ3) is 4.03. The molecule has 0 radical (unpaired) electrons. The first-order valence-corrected chi connectivity index (χ1v) is 10.2. The molecule has 0 fully saturated rings. The van der Waals surface area contributed by atoms with Crippen molar-refractivity contribution >= 4 is 33.2 Å². The van der Waals surface area contributed by atoms with E-state index < -0.39 is 6.17 Å². The van der Waals surface area contributed by atoms with Crippen LogP contribution in [0.5, 0.6) is 11.5 Å². The number of aromatic nitrogens is 2. The number of thiophene rings is 1. The van der Waals surface area contributed by atoms with Crippen LogP contribution in [0.3, 0.4) is 0 Å². The Morgan fingerprint density at radius 3 is 2.60 bits per heavy atom.